The van der Waals surface area contributed by atoms with Gasteiger partial charge in [0.15, 0.2) is 0 Å². The number of rotatable bonds is 1. The molecule has 0 aromatic heterocycles. The Balaban J connectivity index is -0.0000000133. The average molecular weight is 435 g/mol. The van der Waals surface area contributed by atoms with Crippen molar-refractivity contribution in [1.29, 1.82) is 1.43 Å². The average Bonchev–Trinajstić information content (AvgIpc) is 1.59. The second-order valence-electron chi connectivity index (χ2n) is 0.806. The van der Waals surface area contributed by atoms with Gasteiger partial charge in [0.1, 0.15) is 7.85 Å². The van der Waals surface area contributed by atoms with Crippen LogP contribution >= 0.6 is 0 Å². The van der Waals surface area contributed by atoms with Crippen LogP contribution in [0.15, 0.2) is 0 Å². The number of hydrogen-bond donors (Lipinski definition) is 1. The molecular weight excluding hydrogens is 418 g/mol. The summed E-state index contributed by atoms with van der Waals surface area (Å²) in [5, 5.41) is 3.57. The minimum absolute atomic E-state index is 0. The van der Waals surface area contributed by atoms with Crippen LogP contribution in [0.4, 0.5) is 14.1 Å². The molecule has 0 unspecified atom stereocenters. The third-order valence-electron chi connectivity index (χ3n) is 0. The van der Waals surface area contributed by atoms with Gasteiger partial charge in [-0.15, -0.1) is 0 Å². The van der Waals surface area contributed by atoms with Crippen LogP contribution < -0.4 is 4.70 Å². The molecule has 1 N–H and O–H groups in total. The van der Waals surface area contributed by atoms with Gasteiger partial charge >= 0.3 is 56.7 Å². The topological polar surface area (TPSA) is 20.2 Å². The van der Waals surface area contributed by atoms with Gasteiger partial charge in [-0.2, -0.15) is 0 Å². The molecule has 10 heteroatoms. The van der Waals surface area contributed by atoms with E-state index in [1.54, 1.807) is 0 Å². The van der Waals surface area contributed by atoms with Crippen LogP contribution in [0.25, 0.3) is 0 Å². The van der Waals surface area contributed by atoms with E-state index in [1.807, 2.05) is 0 Å². The molecule has 0 aromatic rings. The Morgan fingerprint density at radius 1 is 1.07 bits per heavy atom. The van der Waals surface area contributed by atoms with Gasteiger partial charge in [0, 0.05) is 6.51 Å². The van der Waals surface area contributed by atoms with Crippen molar-refractivity contribution in [2.45, 2.75) is 22.3 Å². The van der Waals surface area contributed by atoms with E-state index in [4.69, 9.17) is 1.43 Å². The van der Waals surface area contributed by atoms with Gasteiger partial charge in [0.2, 0.25) is 1.43 Å². The van der Waals surface area contributed by atoms with Gasteiger partial charge in [-0.25, -0.2) is 0 Å². The predicted octanol–water partition coefficient (Wildman–Crippen LogP) is -0.265. The third-order valence-corrected chi connectivity index (χ3v) is 0. The van der Waals surface area contributed by atoms with Crippen molar-refractivity contribution in [3.63, 3.8) is 0 Å². The SMILES string of the molecule is C.C.C.[2H]OC[B].[Ag+].[F-].[F][Sb]([F])([F])([F])[F]. The molecule has 0 aliphatic heterocycles. The first-order valence-corrected chi connectivity index (χ1v) is 6.37. The van der Waals surface area contributed by atoms with Crippen LogP contribution in [0.1, 0.15) is 22.3 Å². The van der Waals surface area contributed by atoms with E-state index in [0.717, 1.165) is 0 Å². The Hall–Kier alpha value is 1.16. The zero-order chi connectivity index (χ0) is 8.86. The maximum absolute atomic E-state index is 9.91. The van der Waals surface area contributed by atoms with Gasteiger partial charge in [-0.1, -0.05) is 22.3 Å². The zero-order valence-electron chi connectivity index (χ0n) is 5.71. The van der Waals surface area contributed by atoms with Crippen molar-refractivity contribution < 1.29 is 46.3 Å². The molecule has 0 bridgehead atoms. The van der Waals surface area contributed by atoms with Gasteiger partial charge in [0.05, 0.1) is 0 Å². The molecule has 0 saturated carbocycles. The van der Waals surface area contributed by atoms with E-state index in [2.05, 4.69) is 13.0 Å². The van der Waals surface area contributed by atoms with Crippen LogP contribution in [0.5, 0.6) is 0 Å². The van der Waals surface area contributed by atoms with Gasteiger partial charge in [0.25, 0.3) is 0 Å². The van der Waals surface area contributed by atoms with Crippen LogP contribution in [0, 0.1) is 0 Å². The van der Waals surface area contributed by atoms with Crippen molar-refractivity contribution in [2.24, 2.45) is 0 Å². The Morgan fingerprint density at radius 3 is 1.14 bits per heavy atom. The van der Waals surface area contributed by atoms with Crippen molar-refractivity contribution in [2.75, 3.05) is 6.51 Å². The molecular formula is C4H15AgBF6OSb. The van der Waals surface area contributed by atoms with Gasteiger partial charge < -0.3 is 9.81 Å². The van der Waals surface area contributed by atoms with Crippen molar-refractivity contribution in [3.05, 3.63) is 0 Å². The Bertz CT molecular complexity index is 85.9. The molecule has 0 heterocycles. The molecule has 0 rings (SSSR count). The fraction of sp³-hybridized carbons (Fsp3) is 1.00. The van der Waals surface area contributed by atoms with E-state index in [1.165, 1.54) is 0 Å². The molecule has 2 radical (unpaired) electrons. The fourth-order valence-corrected chi connectivity index (χ4v) is 0. The first kappa shape index (κ1) is 36.2. The molecule has 0 aromatic carbocycles. The molecule has 0 atom stereocenters. The molecule has 0 spiro atoms. The van der Waals surface area contributed by atoms with Crippen molar-refractivity contribution >= 4 is 28.1 Å². The van der Waals surface area contributed by atoms with Crippen LogP contribution in [-0.4, -0.2) is 41.2 Å². The Labute approximate surface area is 104 Å². The summed E-state index contributed by atoms with van der Waals surface area (Å²) >= 11 is -9.19. The summed E-state index contributed by atoms with van der Waals surface area (Å²) < 4.78 is 55.4. The van der Waals surface area contributed by atoms with E-state index in [9.17, 15) is 14.1 Å². The predicted molar refractivity (Wildman–Crippen MR) is 44.3 cm³/mol. The van der Waals surface area contributed by atoms with Crippen LogP contribution in [-0.2, 0) is 22.4 Å². The van der Waals surface area contributed by atoms with E-state index < -0.39 is 20.3 Å². The number of aliphatic hydroxyl groups is 1. The summed E-state index contributed by atoms with van der Waals surface area (Å²) in [5.41, 5.74) is 0. The molecule has 98 valence electrons. The fourth-order valence-electron chi connectivity index (χ4n) is 0. The summed E-state index contributed by atoms with van der Waals surface area (Å²) in [6, 6.07) is 0. The number of hydrogen-bond acceptors (Lipinski definition) is 1. The standard InChI is InChI=1S/CH3BO.3CH4.Ag.6FH.Sb/c2-1-3;;;;;;;;;;;/h3H,1H2;3*1H4;;6*1H;/q;;;;+1;;;;;;;+5/p-6/i3D;;;;;;;;;;;. The Morgan fingerprint density at radius 2 is 1.14 bits per heavy atom. The van der Waals surface area contributed by atoms with Crippen LogP contribution in [0.3, 0.4) is 0 Å². The third kappa shape index (κ3) is 1440. The molecule has 1 nitrogen and oxygen atoms in total. The second-order valence-corrected chi connectivity index (χ2v) is 4.45. The summed E-state index contributed by atoms with van der Waals surface area (Å²) in [7, 11) is 4.62. The van der Waals surface area contributed by atoms with E-state index in [0.29, 0.717) is 0 Å². The van der Waals surface area contributed by atoms with Crippen molar-refractivity contribution in [3.8, 4) is 0 Å². The molecule has 0 aliphatic carbocycles. The normalized spacial score (nSPS) is 10.4. The zero-order valence-corrected chi connectivity index (χ0v) is 8.74. The molecule has 14 heavy (non-hydrogen) atoms. The quantitative estimate of drug-likeness (QED) is 0.445. The second kappa shape index (κ2) is 16.6. The molecule has 0 aliphatic rings. The van der Waals surface area contributed by atoms with E-state index in [-0.39, 0.29) is 55.9 Å². The van der Waals surface area contributed by atoms with Gasteiger partial charge in [-0.3, -0.25) is 0 Å². The molecule has 0 saturated heterocycles. The first-order chi connectivity index (χ1) is 4.15. The summed E-state index contributed by atoms with van der Waals surface area (Å²) in [6.45, 7) is -0.0139. The summed E-state index contributed by atoms with van der Waals surface area (Å²) in [6.07, 6.45) is 0. The van der Waals surface area contributed by atoms with Crippen molar-refractivity contribution in [1.82, 2.24) is 0 Å². The minimum atomic E-state index is -9.19. The Kier molecular flexibility index (Phi) is 42.9. The number of aliphatic hydroxyl groups excluding tert-OH is 1. The van der Waals surface area contributed by atoms with E-state index >= 15 is 0 Å². The first-order valence-electron chi connectivity index (χ1n) is 1.95. The molecule has 0 amide bonds. The van der Waals surface area contributed by atoms with Gasteiger partial charge in [-0.05, 0) is 0 Å². The van der Waals surface area contributed by atoms with Crippen LogP contribution in [0.2, 0.25) is 0 Å². The number of halogens is 6. The monoisotopic (exact) mass is 433 g/mol. The summed E-state index contributed by atoms with van der Waals surface area (Å²) in [4.78, 5) is 0. The summed E-state index contributed by atoms with van der Waals surface area (Å²) in [5.74, 6) is 0. The molecule has 0 fully saturated rings. The maximum atomic E-state index is 9.91.